The molecule has 0 saturated carbocycles. The van der Waals surface area contributed by atoms with Crippen LogP contribution in [0.5, 0.6) is 11.5 Å². The normalized spacial score (nSPS) is 10.7. The Kier molecular flexibility index (Phi) is 11.1. The van der Waals surface area contributed by atoms with Crippen LogP contribution in [0.4, 0.5) is 4.39 Å². The van der Waals surface area contributed by atoms with E-state index in [0.717, 1.165) is 16.9 Å². The highest BCUT2D eigenvalue weighted by Crippen LogP contribution is 2.18. The maximum absolute atomic E-state index is 14.0. The molecule has 0 heterocycles. The highest BCUT2D eigenvalue weighted by Gasteiger charge is 2.12. The van der Waals surface area contributed by atoms with Gasteiger partial charge in [0, 0.05) is 27.7 Å². The molecule has 0 unspecified atom stereocenters. The molecule has 0 spiro atoms. The fraction of sp³-hybridized carbons (Fsp3) is 0.364. The number of hydrogen-bond acceptors (Lipinski definition) is 4. The van der Waals surface area contributed by atoms with Crippen LogP contribution in [0.1, 0.15) is 11.1 Å². The largest absolute Gasteiger partial charge is 0.497 e. The molecule has 0 aromatic heterocycles. The molecule has 0 aliphatic rings. The van der Waals surface area contributed by atoms with Gasteiger partial charge in [0.25, 0.3) is 0 Å². The molecule has 0 aliphatic carbocycles. The van der Waals surface area contributed by atoms with Crippen molar-refractivity contribution in [1.29, 1.82) is 0 Å². The van der Waals surface area contributed by atoms with Gasteiger partial charge in [0.2, 0.25) is 5.91 Å². The quantitative estimate of drug-likeness (QED) is 0.315. The van der Waals surface area contributed by atoms with E-state index in [9.17, 15) is 9.18 Å². The van der Waals surface area contributed by atoms with E-state index in [4.69, 9.17) is 9.47 Å². The molecule has 2 rings (SSSR count). The maximum atomic E-state index is 14.0. The van der Waals surface area contributed by atoms with E-state index < -0.39 is 5.82 Å². The highest BCUT2D eigenvalue weighted by atomic mass is 127. The third-order valence-corrected chi connectivity index (χ3v) is 4.46. The lowest BCUT2D eigenvalue weighted by atomic mass is 10.2. The molecule has 2 aromatic carbocycles. The number of carbonyl (C=O) groups is 1. The third-order valence-electron chi connectivity index (χ3n) is 4.46. The van der Waals surface area contributed by atoms with Crippen molar-refractivity contribution < 1.29 is 18.7 Å². The zero-order valence-corrected chi connectivity index (χ0v) is 20.8. The van der Waals surface area contributed by atoms with Crippen LogP contribution in [0.2, 0.25) is 0 Å². The van der Waals surface area contributed by atoms with Crippen LogP contribution in [0, 0.1) is 5.82 Å². The second-order valence-electron chi connectivity index (χ2n) is 6.95. The third kappa shape index (κ3) is 8.23. The summed E-state index contributed by atoms with van der Waals surface area (Å²) < 4.78 is 24.2. The maximum Gasteiger partial charge on any atom is 0.241 e. The van der Waals surface area contributed by atoms with Crippen molar-refractivity contribution in [3.63, 3.8) is 0 Å². The van der Waals surface area contributed by atoms with E-state index in [1.807, 2.05) is 36.2 Å². The van der Waals surface area contributed by atoms with E-state index >= 15 is 0 Å². The predicted molar refractivity (Wildman–Crippen MR) is 131 cm³/mol. The summed E-state index contributed by atoms with van der Waals surface area (Å²) in [5.41, 5.74) is 1.76. The average molecular weight is 544 g/mol. The minimum Gasteiger partial charge on any atom is -0.497 e. The summed E-state index contributed by atoms with van der Waals surface area (Å²) in [6.07, 6.45) is 0. The molecule has 0 radical (unpaired) electrons. The van der Waals surface area contributed by atoms with Crippen LogP contribution in [-0.4, -0.2) is 63.6 Å². The molecule has 1 N–H and O–H groups in total. The van der Waals surface area contributed by atoms with Gasteiger partial charge in [0.1, 0.15) is 5.75 Å². The number of nitrogens with one attached hydrogen (secondary N) is 1. The molecule has 170 valence electrons. The van der Waals surface area contributed by atoms with E-state index in [1.165, 1.54) is 18.1 Å². The molecule has 2 aromatic rings. The number of likely N-dealkylation sites (N-methyl/N-ethyl adjacent to an activating group) is 1. The van der Waals surface area contributed by atoms with E-state index in [1.54, 1.807) is 33.3 Å². The molecule has 0 saturated heterocycles. The fourth-order valence-electron chi connectivity index (χ4n) is 2.68. The summed E-state index contributed by atoms with van der Waals surface area (Å²) in [5.74, 6) is 1.02. The fourth-order valence-corrected chi connectivity index (χ4v) is 2.68. The number of aliphatic imine (C=N–C) groups is 1. The van der Waals surface area contributed by atoms with Gasteiger partial charge in [-0.25, -0.2) is 9.38 Å². The van der Waals surface area contributed by atoms with Crippen molar-refractivity contribution in [2.75, 3.05) is 41.9 Å². The Morgan fingerprint density at radius 3 is 2.23 bits per heavy atom. The van der Waals surface area contributed by atoms with Gasteiger partial charge in [0.15, 0.2) is 17.5 Å². The van der Waals surface area contributed by atoms with Crippen LogP contribution < -0.4 is 14.8 Å². The van der Waals surface area contributed by atoms with Crippen molar-refractivity contribution in [2.45, 2.75) is 13.1 Å². The molecular formula is C22H30FIN4O3. The van der Waals surface area contributed by atoms with E-state index in [-0.39, 0.29) is 42.2 Å². The Labute approximate surface area is 200 Å². The lowest BCUT2D eigenvalue weighted by molar-refractivity contribution is -0.127. The molecule has 31 heavy (non-hydrogen) atoms. The van der Waals surface area contributed by atoms with Gasteiger partial charge in [-0.2, -0.15) is 0 Å². The molecule has 7 nitrogen and oxygen atoms in total. The monoisotopic (exact) mass is 544 g/mol. The molecule has 0 fully saturated rings. The van der Waals surface area contributed by atoms with Gasteiger partial charge in [-0.1, -0.05) is 18.2 Å². The summed E-state index contributed by atoms with van der Waals surface area (Å²) in [4.78, 5) is 20.0. The van der Waals surface area contributed by atoms with Crippen LogP contribution in [0.15, 0.2) is 47.5 Å². The van der Waals surface area contributed by atoms with Gasteiger partial charge >= 0.3 is 0 Å². The number of hydrogen-bond donors (Lipinski definition) is 1. The molecular weight excluding hydrogens is 514 g/mol. The number of halogens is 2. The topological polar surface area (TPSA) is 66.4 Å². The van der Waals surface area contributed by atoms with Crippen LogP contribution >= 0.6 is 24.0 Å². The number of rotatable bonds is 8. The van der Waals surface area contributed by atoms with E-state index in [2.05, 4.69) is 10.3 Å². The summed E-state index contributed by atoms with van der Waals surface area (Å²) in [6.45, 7) is 0.936. The smallest absolute Gasteiger partial charge is 0.241 e. The summed E-state index contributed by atoms with van der Waals surface area (Å²) >= 11 is 0. The Hall–Kier alpha value is -2.56. The average Bonchev–Trinajstić information content (AvgIpc) is 2.73. The first kappa shape index (κ1) is 26.5. The Bertz CT molecular complexity index is 876. The standard InChI is InChI=1S/C22H29FN4O3.HI/c1-26(2)21(28)14-25-22(24-13-16-6-9-18(29-4)10-7-16)27(3)15-17-8-11-20(30-5)19(23)12-17;/h6-12H,13-15H2,1-5H3,(H,24,25);1H. The summed E-state index contributed by atoms with van der Waals surface area (Å²) in [6, 6.07) is 12.4. The SMILES string of the molecule is COc1ccc(CN=C(NCC(=O)N(C)C)N(C)Cc2ccc(OC)c(F)c2)cc1.I. The lowest BCUT2D eigenvalue weighted by Gasteiger charge is -2.23. The Balaban J connectivity index is 0.00000480. The van der Waals surface area contributed by atoms with Gasteiger partial charge in [-0.3, -0.25) is 4.79 Å². The zero-order chi connectivity index (χ0) is 22.1. The number of ether oxygens (including phenoxy) is 2. The Morgan fingerprint density at radius 2 is 1.68 bits per heavy atom. The zero-order valence-electron chi connectivity index (χ0n) is 18.5. The lowest BCUT2D eigenvalue weighted by Crippen LogP contribution is -2.43. The number of methoxy groups -OCH3 is 2. The van der Waals surface area contributed by atoms with E-state index in [0.29, 0.717) is 19.0 Å². The summed E-state index contributed by atoms with van der Waals surface area (Å²) in [5, 5.41) is 3.09. The first-order valence-electron chi connectivity index (χ1n) is 9.49. The minimum absolute atomic E-state index is 0. The van der Waals surface area contributed by atoms with Gasteiger partial charge in [0.05, 0.1) is 27.3 Å². The second kappa shape index (κ2) is 13.0. The molecule has 0 bridgehead atoms. The predicted octanol–water partition coefficient (Wildman–Crippen LogP) is 3.13. The second-order valence-corrected chi connectivity index (χ2v) is 6.95. The molecule has 0 aliphatic heterocycles. The molecule has 1 amide bonds. The number of benzene rings is 2. The van der Waals surface area contributed by atoms with Crippen LogP contribution in [0.25, 0.3) is 0 Å². The number of guanidine groups is 1. The van der Waals surface area contributed by atoms with Crippen molar-refractivity contribution in [3.05, 3.63) is 59.4 Å². The molecule has 0 atom stereocenters. The Morgan fingerprint density at radius 1 is 1.03 bits per heavy atom. The van der Waals surface area contributed by atoms with Crippen molar-refractivity contribution in [1.82, 2.24) is 15.1 Å². The van der Waals surface area contributed by atoms with Gasteiger partial charge in [-0.05, 0) is 35.4 Å². The molecule has 9 heteroatoms. The number of carbonyl (C=O) groups excluding carboxylic acids is 1. The first-order chi connectivity index (χ1) is 14.3. The summed E-state index contributed by atoms with van der Waals surface area (Å²) in [7, 11) is 8.28. The number of nitrogens with zero attached hydrogens (tertiary/aromatic N) is 3. The van der Waals surface area contributed by atoms with Crippen molar-refractivity contribution >= 4 is 35.8 Å². The highest BCUT2D eigenvalue weighted by molar-refractivity contribution is 14.0. The van der Waals surface area contributed by atoms with Crippen LogP contribution in [0.3, 0.4) is 0 Å². The van der Waals surface area contributed by atoms with Crippen molar-refractivity contribution in [2.24, 2.45) is 4.99 Å². The number of amides is 1. The van der Waals surface area contributed by atoms with Gasteiger partial charge < -0.3 is 24.6 Å². The minimum atomic E-state index is -0.420. The van der Waals surface area contributed by atoms with Crippen molar-refractivity contribution in [3.8, 4) is 11.5 Å². The van der Waals surface area contributed by atoms with Crippen LogP contribution in [-0.2, 0) is 17.9 Å². The first-order valence-corrected chi connectivity index (χ1v) is 9.49. The van der Waals surface area contributed by atoms with Gasteiger partial charge in [-0.15, -0.1) is 24.0 Å².